The molecule has 2 unspecified atom stereocenters. The number of thioether (sulfide) groups is 1. The van der Waals surface area contributed by atoms with Gasteiger partial charge < -0.3 is 15.6 Å². The van der Waals surface area contributed by atoms with Crippen LogP contribution in [0.5, 0.6) is 5.75 Å². The number of nitrogens with two attached hydrogens (primary N) is 1. The summed E-state index contributed by atoms with van der Waals surface area (Å²) in [6.07, 6.45) is 1.29. The molecule has 0 spiro atoms. The summed E-state index contributed by atoms with van der Waals surface area (Å²) in [5, 5.41) is 9.08. The van der Waals surface area contributed by atoms with Crippen LogP contribution in [-0.4, -0.2) is 35.2 Å². The number of hydrogen-bond donors (Lipinski definition) is 2. The molecule has 2 rings (SSSR count). The Morgan fingerprint density at radius 1 is 1.61 bits per heavy atom. The number of hydrogen-bond acceptors (Lipinski definition) is 4. The molecular formula is C13H17NO3S. The molecule has 1 aromatic rings. The lowest BCUT2D eigenvalue weighted by molar-refractivity contribution is -0.138. The minimum absolute atomic E-state index is 0.0953. The molecule has 1 fully saturated rings. The first-order valence-electron chi connectivity index (χ1n) is 5.98. The molecule has 1 aliphatic rings. The minimum Gasteiger partial charge on any atom is -0.490 e. The zero-order valence-corrected chi connectivity index (χ0v) is 10.9. The van der Waals surface area contributed by atoms with Gasteiger partial charge in [0.05, 0.1) is 5.92 Å². The minimum atomic E-state index is -0.897. The second-order valence-corrected chi connectivity index (χ2v) is 5.45. The first-order chi connectivity index (χ1) is 8.70. The summed E-state index contributed by atoms with van der Waals surface area (Å²) in [5.41, 5.74) is 6.20. The third-order valence-electron chi connectivity index (χ3n) is 2.98. The van der Waals surface area contributed by atoms with Crippen LogP contribution in [-0.2, 0) is 4.79 Å². The van der Waals surface area contributed by atoms with Crippen molar-refractivity contribution in [2.45, 2.75) is 18.4 Å². The molecule has 2 atom stereocenters. The predicted molar refractivity (Wildman–Crippen MR) is 72.2 cm³/mol. The molecule has 98 valence electrons. The van der Waals surface area contributed by atoms with Gasteiger partial charge in [-0.25, -0.2) is 0 Å². The van der Waals surface area contributed by atoms with Crippen LogP contribution in [0.3, 0.4) is 0 Å². The second kappa shape index (κ2) is 6.11. The van der Waals surface area contributed by atoms with Crippen LogP contribution in [0.4, 0.5) is 0 Å². The van der Waals surface area contributed by atoms with Crippen LogP contribution in [0.1, 0.15) is 17.9 Å². The van der Waals surface area contributed by atoms with E-state index < -0.39 is 11.9 Å². The van der Waals surface area contributed by atoms with Gasteiger partial charge in [0.25, 0.3) is 0 Å². The first kappa shape index (κ1) is 13.2. The van der Waals surface area contributed by atoms with Crippen molar-refractivity contribution in [1.82, 2.24) is 0 Å². The average molecular weight is 267 g/mol. The van der Waals surface area contributed by atoms with Crippen molar-refractivity contribution in [3.8, 4) is 5.75 Å². The number of rotatable bonds is 5. The molecule has 0 amide bonds. The quantitative estimate of drug-likeness (QED) is 0.849. The maximum atomic E-state index is 11.1. The zero-order chi connectivity index (χ0) is 13.0. The van der Waals surface area contributed by atoms with Crippen molar-refractivity contribution in [3.63, 3.8) is 0 Å². The Morgan fingerprint density at radius 2 is 2.44 bits per heavy atom. The Labute approximate surface area is 111 Å². The molecule has 1 heterocycles. The summed E-state index contributed by atoms with van der Waals surface area (Å²) in [7, 11) is 0. The summed E-state index contributed by atoms with van der Waals surface area (Å²) in [6.45, 7) is 0.0953. The van der Waals surface area contributed by atoms with Gasteiger partial charge in [0.1, 0.15) is 11.9 Å². The molecule has 0 aromatic heterocycles. The Bertz CT molecular complexity index is 418. The predicted octanol–water partition coefficient (Wildman–Crippen LogP) is 1.70. The van der Waals surface area contributed by atoms with Crippen LogP contribution < -0.4 is 10.5 Å². The van der Waals surface area contributed by atoms with E-state index >= 15 is 0 Å². The first-order valence-corrected chi connectivity index (χ1v) is 7.13. The number of carboxylic acids is 1. The van der Waals surface area contributed by atoms with Gasteiger partial charge in [-0.1, -0.05) is 12.1 Å². The van der Waals surface area contributed by atoms with Crippen LogP contribution in [0, 0.1) is 0 Å². The topological polar surface area (TPSA) is 72.6 Å². The molecule has 5 heteroatoms. The standard InChI is InChI=1S/C13H17NO3S/c14-7-12(13(15)16)9-2-1-3-10(6-9)17-11-4-5-18-8-11/h1-3,6,11-12H,4-5,7-8,14H2,(H,15,16). The monoisotopic (exact) mass is 267 g/mol. The van der Waals surface area contributed by atoms with Crippen molar-refractivity contribution >= 4 is 17.7 Å². The highest BCUT2D eigenvalue weighted by molar-refractivity contribution is 7.99. The maximum Gasteiger partial charge on any atom is 0.312 e. The second-order valence-electron chi connectivity index (χ2n) is 4.30. The van der Waals surface area contributed by atoms with Gasteiger partial charge in [0.2, 0.25) is 0 Å². The number of carbonyl (C=O) groups is 1. The fourth-order valence-corrected chi connectivity index (χ4v) is 3.08. The normalized spacial score (nSPS) is 20.6. The Hall–Kier alpha value is -1.20. The van der Waals surface area contributed by atoms with Crippen molar-refractivity contribution in [3.05, 3.63) is 29.8 Å². The van der Waals surface area contributed by atoms with Gasteiger partial charge in [-0.3, -0.25) is 4.79 Å². The largest absolute Gasteiger partial charge is 0.490 e. The van der Waals surface area contributed by atoms with E-state index in [1.54, 1.807) is 12.1 Å². The van der Waals surface area contributed by atoms with Crippen LogP contribution in [0.2, 0.25) is 0 Å². The van der Waals surface area contributed by atoms with E-state index in [9.17, 15) is 4.79 Å². The molecular weight excluding hydrogens is 250 g/mol. The van der Waals surface area contributed by atoms with Gasteiger partial charge in [0.15, 0.2) is 0 Å². The third kappa shape index (κ3) is 3.17. The molecule has 3 N–H and O–H groups in total. The summed E-state index contributed by atoms with van der Waals surface area (Å²) in [4.78, 5) is 11.1. The molecule has 0 saturated carbocycles. The van der Waals surface area contributed by atoms with E-state index in [0.717, 1.165) is 23.7 Å². The molecule has 1 aromatic carbocycles. The fourth-order valence-electron chi connectivity index (χ4n) is 1.98. The summed E-state index contributed by atoms with van der Waals surface area (Å²) < 4.78 is 5.84. The highest BCUT2D eigenvalue weighted by atomic mass is 32.2. The smallest absolute Gasteiger partial charge is 0.312 e. The molecule has 18 heavy (non-hydrogen) atoms. The Balaban J connectivity index is 2.10. The van der Waals surface area contributed by atoms with Gasteiger partial charge in [-0.15, -0.1) is 0 Å². The van der Waals surface area contributed by atoms with Crippen LogP contribution in [0.15, 0.2) is 24.3 Å². The number of ether oxygens (including phenoxy) is 1. The van der Waals surface area contributed by atoms with Crippen molar-refractivity contribution < 1.29 is 14.6 Å². The lowest BCUT2D eigenvalue weighted by Gasteiger charge is -2.15. The summed E-state index contributed by atoms with van der Waals surface area (Å²) in [5.74, 6) is 1.31. The molecule has 4 nitrogen and oxygen atoms in total. The lowest BCUT2D eigenvalue weighted by atomic mass is 9.99. The molecule has 1 aliphatic heterocycles. The Morgan fingerprint density at radius 3 is 3.06 bits per heavy atom. The lowest BCUT2D eigenvalue weighted by Crippen LogP contribution is -2.21. The maximum absolute atomic E-state index is 11.1. The highest BCUT2D eigenvalue weighted by Crippen LogP contribution is 2.25. The van der Waals surface area contributed by atoms with E-state index in [1.165, 1.54) is 0 Å². The van der Waals surface area contributed by atoms with E-state index in [0.29, 0.717) is 5.56 Å². The van der Waals surface area contributed by atoms with Gasteiger partial charge >= 0.3 is 5.97 Å². The third-order valence-corrected chi connectivity index (χ3v) is 4.12. The van der Waals surface area contributed by atoms with E-state index in [2.05, 4.69) is 0 Å². The highest BCUT2D eigenvalue weighted by Gasteiger charge is 2.20. The van der Waals surface area contributed by atoms with Gasteiger partial charge in [-0.2, -0.15) is 11.8 Å². The van der Waals surface area contributed by atoms with E-state index in [4.69, 9.17) is 15.6 Å². The van der Waals surface area contributed by atoms with Crippen molar-refractivity contribution in [2.24, 2.45) is 5.73 Å². The number of aliphatic carboxylic acids is 1. The molecule has 0 radical (unpaired) electrons. The number of carboxylic acid groups (broad SMARTS) is 1. The molecule has 0 aliphatic carbocycles. The average Bonchev–Trinajstić information content (AvgIpc) is 2.83. The molecule has 0 bridgehead atoms. The van der Waals surface area contributed by atoms with Crippen LogP contribution >= 0.6 is 11.8 Å². The van der Waals surface area contributed by atoms with Crippen molar-refractivity contribution in [1.29, 1.82) is 0 Å². The fraction of sp³-hybridized carbons (Fsp3) is 0.462. The van der Waals surface area contributed by atoms with Gasteiger partial charge in [0, 0.05) is 12.3 Å². The molecule has 1 saturated heterocycles. The van der Waals surface area contributed by atoms with Crippen molar-refractivity contribution in [2.75, 3.05) is 18.1 Å². The SMILES string of the molecule is NCC(C(=O)O)c1cccc(OC2CCSC2)c1. The van der Waals surface area contributed by atoms with E-state index in [-0.39, 0.29) is 12.6 Å². The van der Waals surface area contributed by atoms with Crippen LogP contribution in [0.25, 0.3) is 0 Å². The van der Waals surface area contributed by atoms with Gasteiger partial charge in [-0.05, 0) is 29.9 Å². The van der Waals surface area contributed by atoms with E-state index in [1.807, 2.05) is 23.9 Å². The number of benzene rings is 1. The zero-order valence-electron chi connectivity index (χ0n) is 10.0. The summed E-state index contributed by atoms with van der Waals surface area (Å²) in [6, 6.07) is 7.25. The Kier molecular flexibility index (Phi) is 4.49. The summed E-state index contributed by atoms with van der Waals surface area (Å²) >= 11 is 1.88.